The van der Waals surface area contributed by atoms with Crippen LogP contribution < -0.4 is 0 Å². The van der Waals surface area contributed by atoms with E-state index in [0.717, 1.165) is 23.5 Å². The summed E-state index contributed by atoms with van der Waals surface area (Å²) in [5, 5.41) is 0. The Bertz CT molecular complexity index is 431. The van der Waals surface area contributed by atoms with Crippen LogP contribution in [0.25, 0.3) is 11.3 Å². The molecule has 2 rings (SSSR count). The van der Waals surface area contributed by atoms with Gasteiger partial charge in [0.05, 0.1) is 11.9 Å². The fourth-order valence-corrected chi connectivity index (χ4v) is 1.64. The van der Waals surface area contributed by atoms with E-state index in [4.69, 9.17) is 11.6 Å². The van der Waals surface area contributed by atoms with Gasteiger partial charge in [-0.15, -0.1) is 11.6 Å². The number of H-pyrrole nitrogens is 1. The van der Waals surface area contributed by atoms with Crippen LogP contribution in [-0.4, -0.2) is 15.8 Å². The molecule has 0 amide bonds. The highest BCUT2D eigenvalue weighted by atomic mass is 35.5. The molecule has 2 aromatic rings. The van der Waals surface area contributed by atoms with E-state index in [9.17, 15) is 0 Å². The number of benzene rings is 1. The lowest BCUT2D eigenvalue weighted by Crippen LogP contribution is -1.88. The molecule has 0 fully saturated rings. The summed E-state index contributed by atoms with van der Waals surface area (Å²) in [5.74, 6) is 1.54. The lowest BCUT2D eigenvalue weighted by atomic mass is 10.1. The number of nitrogens with one attached hydrogen (secondary N) is 1. The van der Waals surface area contributed by atoms with Crippen LogP contribution in [0.5, 0.6) is 0 Å². The van der Waals surface area contributed by atoms with Crippen molar-refractivity contribution in [3.8, 4) is 11.3 Å². The predicted molar refractivity (Wildman–Crippen MR) is 63.2 cm³/mol. The summed E-state index contributed by atoms with van der Waals surface area (Å²) < 4.78 is 0. The summed E-state index contributed by atoms with van der Waals surface area (Å²) in [6.07, 6.45) is 2.64. The molecule has 0 atom stereocenters. The zero-order chi connectivity index (χ0) is 10.7. The van der Waals surface area contributed by atoms with Gasteiger partial charge >= 0.3 is 0 Å². The SMILES string of the molecule is Cc1ccc(-c2cnc(CCCl)[nH]2)cc1. The minimum Gasteiger partial charge on any atom is -0.342 e. The van der Waals surface area contributed by atoms with Crippen molar-refractivity contribution < 1.29 is 0 Å². The second-order valence-corrected chi connectivity index (χ2v) is 3.93. The molecule has 15 heavy (non-hydrogen) atoms. The zero-order valence-corrected chi connectivity index (χ0v) is 9.38. The second-order valence-electron chi connectivity index (χ2n) is 3.55. The molecule has 1 aromatic heterocycles. The van der Waals surface area contributed by atoms with Crippen LogP contribution in [0.2, 0.25) is 0 Å². The Morgan fingerprint density at radius 3 is 2.67 bits per heavy atom. The summed E-state index contributed by atoms with van der Waals surface area (Å²) in [4.78, 5) is 7.52. The molecule has 0 saturated heterocycles. The highest BCUT2D eigenvalue weighted by Gasteiger charge is 2.02. The maximum Gasteiger partial charge on any atom is 0.107 e. The average molecular weight is 221 g/mol. The largest absolute Gasteiger partial charge is 0.342 e. The van der Waals surface area contributed by atoms with Gasteiger partial charge < -0.3 is 4.98 Å². The Hall–Kier alpha value is -1.28. The third kappa shape index (κ3) is 2.39. The monoisotopic (exact) mass is 220 g/mol. The molecule has 1 N–H and O–H groups in total. The van der Waals surface area contributed by atoms with Crippen LogP contribution in [0.1, 0.15) is 11.4 Å². The van der Waals surface area contributed by atoms with Crippen molar-refractivity contribution >= 4 is 11.6 Å². The molecule has 0 aliphatic rings. The summed E-state index contributed by atoms with van der Waals surface area (Å²) in [5.41, 5.74) is 3.48. The van der Waals surface area contributed by atoms with E-state index in [2.05, 4.69) is 41.2 Å². The van der Waals surface area contributed by atoms with Crippen LogP contribution >= 0.6 is 11.6 Å². The first-order valence-corrected chi connectivity index (χ1v) is 5.50. The molecule has 78 valence electrons. The lowest BCUT2D eigenvalue weighted by Gasteiger charge is -1.97. The fourth-order valence-electron chi connectivity index (χ4n) is 1.46. The first kappa shape index (κ1) is 10.2. The van der Waals surface area contributed by atoms with Crippen molar-refractivity contribution in [3.63, 3.8) is 0 Å². The van der Waals surface area contributed by atoms with Gasteiger partial charge in [-0.2, -0.15) is 0 Å². The first-order chi connectivity index (χ1) is 7.29. The van der Waals surface area contributed by atoms with E-state index >= 15 is 0 Å². The highest BCUT2D eigenvalue weighted by Crippen LogP contribution is 2.17. The van der Waals surface area contributed by atoms with Crippen molar-refractivity contribution in [2.75, 3.05) is 5.88 Å². The number of aryl methyl sites for hydroxylation is 2. The Balaban J connectivity index is 2.25. The zero-order valence-electron chi connectivity index (χ0n) is 8.63. The van der Waals surface area contributed by atoms with E-state index in [-0.39, 0.29) is 0 Å². The van der Waals surface area contributed by atoms with Crippen LogP contribution in [0.4, 0.5) is 0 Å². The minimum atomic E-state index is 0.598. The molecule has 0 radical (unpaired) electrons. The minimum absolute atomic E-state index is 0.598. The maximum atomic E-state index is 5.65. The Morgan fingerprint density at radius 1 is 1.27 bits per heavy atom. The van der Waals surface area contributed by atoms with Gasteiger partial charge in [0.15, 0.2) is 0 Å². The normalized spacial score (nSPS) is 10.5. The van der Waals surface area contributed by atoms with Gasteiger partial charge in [-0.25, -0.2) is 4.98 Å². The molecule has 1 aromatic carbocycles. The molecule has 2 nitrogen and oxygen atoms in total. The van der Waals surface area contributed by atoms with Crippen molar-refractivity contribution in [2.24, 2.45) is 0 Å². The predicted octanol–water partition coefficient (Wildman–Crippen LogP) is 3.17. The van der Waals surface area contributed by atoms with Crippen molar-refractivity contribution in [2.45, 2.75) is 13.3 Å². The van der Waals surface area contributed by atoms with E-state index in [1.165, 1.54) is 5.56 Å². The summed E-state index contributed by atoms with van der Waals surface area (Å²) in [6.45, 7) is 2.08. The van der Waals surface area contributed by atoms with Gasteiger partial charge in [-0.1, -0.05) is 29.8 Å². The number of aromatic amines is 1. The summed E-state index contributed by atoms with van der Waals surface area (Å²) >= 11 is 5.65. The van der Waals surface area contributed by atoms with Crippen LogP contribution in [0.3, 0.4) is 0 Å². The van der Waals surface area contributed by atoms with Gasteiger partial charge in [0, 0.05) is 12.3 Å². The maximum absolute atomic E-state index is 5.65. The Morgan fingerprint density at radius 2 is 2.00 bits per heavy atom. The fraction of sp³-hybridized carbons (Fsp3) is 0.250. The summed E-state index contributed by atoms with van der Waals surface area (Å²) in [7, 11) is 0. The van der Waals surface area contributed by atoms with E-state index in [0.29, 0.717) is 5.88 Å². The summed E-state index contributed by atoms with van der Waals surface area (Å²) in [6, 6.07) is 8.37. The molecule has 0 aliphatic heterocycles. The smallest absolute Gasteiger partial charge is 0.107 e. The average Bonchev–Trinajstić information content (AvgIpc) is 2.68. The van der Waals surface area contributed by atoms with Crippen molar-refractivity contribution in [1.82, 2.24) is 9.97 Å². The number of rotatable bonds is 3. The number of imidazole rings is 1. The number of hydrogen-bond donors (Lipinski definition) is 1. The first-order valence-electron chi connectivity index (χ1n) is 4.96. The number of alkyl halides is 1. The molecular formula is C12H13ClN2. The molecular weight excluding hydrogens is 208 g/mol. The van der Waals surface area contributed by atoms with Crippen LogP contribution in [0.15, 0.2) is 30.5 Å². The molecule has 0 bridgehead atoms. The van der Waals surface area contributed by atoms with Crippen molar-refractivity contribution in [3.05, 3.63) is 41.9 Å². The topological polar surface area (TPSA) is 28.7 Å². The standard InChI is InChI=1S/C12H13ClN2/c1-9-2-4-10(5-3-9)11-8-14-12(15-11)6-7-13/h2-5,8H,6-7H2,1H3,(H,14,15). The number of nitrogens with zero attached hydrogens (tertiary/aromatic N) is 1. The van der Waals surface area contributed by atoms with Crippen molar-refractivity contribution in [1.29, 1.82) is 0 Å². The Kier molecular flexibility index (Phi) is 3.07. The van der Waals surface area contributed by atoms with E-state index < -0.39 is 0 Å². The number of hydrogen-bond acceptors (Lipinski definition) is 1. The molecule has 1 heterocycles. The second kappa shape index (κ2) is 4.49. The highest BCUT2D eigenvalue weighted by molar-refractivity contribution is 6.17. The van der Waals surface area contributed by atoms with E-state index in [1.54, 1.807) is 0 Å². The number of aromatic nitrogens is 2. The molecule has 0 aliphatic carbocycles. The quantitative estimate of drug-likeness (QED) is 0.791. The lowest BCUT2D eigenvalue weighted by molar-refractivity contribution is 0.997. The van der Waals surface area contributed by atoms with Crippen LogP contribution in [0, 0.1) is 6.92 Å². The van der Waals surface area contributed by atoms with Gasteiger partial charge in [0.1, 0.15) is 5.82 Å². The van der Waals surface area contributed by atoms with Gasteiger partial charge in [-0.05, 0) is 12.5 Å². The van der Waals surface area contributed by atoms with E-state index in [1.807, 2.05) is 6.20 Å². The molecule has 0 spiro atoms. The molecule has 3 heteroatoms. The molecule has 0 saturated carbocycles. The van der Waals surface area contributed by atoms with Gasteiger partial charge in [-0.3, -0.25) is 0 Å². The van der Waals surface area contributed by atoms with Crippen LogP contribution in [-0.2, 0) is 6.42 Å². The Labute approximate surface area is 94.3 Å². The molecule has 0 unspecified atom stereocenters. The third-order valence-electron chi connectivity index (χ3n) is 2.32. The van der Waals surface area contributed by atoms with Gasteiger partial charge in [0.2, 0.25) is 0 Å². The third-order valence-corrected chi connectivity index (χ3v) is 2.51. The number of halogens is 1. The van der Waals surface area contributed by atoms with Gasteiger partial charge in [0.25, 0.3) is 0 Å².